The molecule has 0 aromatic carbocycles. The van der Waals surface area contributed by atoms with Crippen molar-refractivity contribution >= 4 is 18.6 Å². The highest BCUT2D eigenvalue weighted by molar-refractivity contribution is 7.78. The molecule has 1 rings (SSSR count). The zero-order valence-electron chi connectivity index (χ0n) is 4.50. The molecular formula is C4H7N3S. The van der Waals surface area contributed by atoms with Gasteiger partial charge in [-0.25, -0.2) is 0 Å². The Bertz CT molecular complexity index is 174. The van der Waals surface area contributed by atoms with E-state index in [2.05, 4.69) is 17.9 Å². The molecule has 0 amide bonds. The van der Waals surface area contributed by atoms with E-state index in [9.17, 15) is 0 Å². The highest BCUT2D eigenvalue weighted by atomic mass is 32.1. The van der Waals surface area contributed by atoms with Crippen molar-refractivity contribution in [3.8, 4) is 0 Å². The van der Waals surface area contributed by atoms with E-state index in [1.165, 1.54) is 4.09 Å². The predicted octanol–water partition coefficient (Wildman–Crippen LogP) is 0.467. The van der Waals surface area contributed by atoms with Crippen LogP contribution in [0.25, 0.3) is 0 Å². The van der Waals surface area contributed by atoms with Crippen LogP contribution in [-0.4, -0.2) is 9.19 Å². The minimum absolute atomic E-state index is 0.605. The maximum absolute atomic E-state index is 5.43. The third kappa shape index (κ3) is 0.667. The van der Waals surface area contributed by atoms with Gasteiger partial charge in [-0.05, 0) is 19.7 Å². The van der Waals surface area contributed by atoms with E-state index in [1.54, 1.807) is 6.20 Å². The van der Waals surface area contributed by atoms with Gasteiger partial charge in [-0.3, -0.25) is 0 Å². The summed E-state index contributed by atoms with van der Waals surface area (Å²) in [6.07, 6.45) is 1.67. The molecule has 0 unspecified atom stereocenters. The molecule has 44 valence electrons. The van der Waals surface area contributed by atoms with Crippen molar-refractivity contribution in [3.05, 3.63) is 11.8 Å². The van der Waals surface area contributed by atoms with Crippen LogP contribution in [0.5, 0.6) is 0 Å². The normalized spacial score (nSPS) is 9.75. The second-order valence-corrected chi connectivity index (χ2v) is 1.98. The molecule has 0 bridgehead atoms. The lowest BCUT2D eigenvalue weighted by atomic mass is 10.4. The van der Waals surface area contributed by atoms with Crippen molar-refractivity contribution < 1.29 is 0 Å². The monoisotopic (exact) mass is 129 g/mol. The average Bonchev–Trinajstić information content (AvgIpc) is 1.98. The summed E-state index contributed by atoms with van der Waals surface area (Å²) in [6, 6.07) is 0. The third-order valence-electron chi connectivity index (χ3n) is 0.980. The molecule has 0 aliphatic heterocycles. The molecule has 0 aliphatic carbocycles. The minimum atomic E-state index is 0.605. The number of rotatable bonds is 0. The number of hydrogen-bond donors (Lipinski definition) is 2. The first-order valence-corrected chi connectivity index (χ1v) is 2.61. The molecule has 0 aliphatic rings. The van der Waals surface area contributed by atoms with Gasteiger partial charge in [0.15, 0.2) is 0 Å². The fraction of sp³-hybridized carbons (Fsp3) is 0.250. The molecule has 0 saturated carbocycles. The summed E-state index contributed by atoms with van der Waals surface area (Å²) in [5.41, 5.74) is 6.38. The Kier molecular flexibility index (Phi) is 1.17. The van der Waals surface area contributed by atoms with E-state index in [0.29, 0.717) is 5.82 Å². The Morgan fingerprint density at radius 1 is 1.88 bits per heavy atom. The van der Waals surface area contributed by atoms with Crippen molar-refractivity contribution in [1.29, 1.82) is 0 Å². The number of hydrogen-bond acceptors (Lipinski definition) is 3. The van der Waals surface area contributed by atoms with E-state index in [-0.39, 0.29) is 0 Å². The summed E-state index contributed by atoms with van der Waals surface area (Å²) in [5, 5.41) is 3.77. The number of anilines is 1. The summed E-state index contributed by atoms with van der Waals surface area (Å²) >= 11 is 3.90. The number of nitrogens with zero attached hydrogens (tertiary/aromatic N) is 2. The fourth-order valence-electron chi connectivity index (χ4n) is 0.427. The van der Waals surface area contributed by atoms with Crippen LogP contribution >= 0.6 is 12.8 Å². The molecule has 0 spiro atoms. The third-order valence-corrected chi connectivity index (χ3v) is 1.30. The first-order valence-electron chi connectivity index (χ1n) is 2.21. The Labute approximate surface area is 53.0 Å². The summed E-state index contributed by atoms with van der Waals surface area (Å²) in [4.78, 5) is 0. The highest BCUT2D eigenvalue weighted by Crippen LogP contribution is 2.08. The van der Waals surface area contributed by atoms with Gasteiger partial charge < -0.3 is 5.73 Å². The van der Waals surface area contributed by atoms with Crippen molar-refractivity contribution in [1.82, 2.24) is 9.19 Å². The molecule has 0 fully saturated rings. The standard InChI is InChI=1S/C4H7N3S/c1-3-2-6-7(8)4(3)5/h2,8H,5H2,1H3. The van der Waals surface area contributed by atoms with Crippen LogP contribution in [0.3, 0.4) is 0 Å². The minimum Gasteiger partial charge on any atom is -0.383 e. The van der Waals surface area contributed by atoms with Crippen LogP contribution < -0.4 is 5.73 Å². The summed E-state index contributed by atoms with van der Waals surface area (Å²) in [5.74, 6) is 0.605. The molecular weight excluding hydrogens is 122 g/mol. The summed E-state index contributed by atoms with van der Waals surface area (Å²) in [7, 11) is 0. The van der Waals surface area contributed by atoms with Gasteiger partial charge in [0.2, 0.25) is 0 Å². The molecule has 0 atom stereocenters. The number of thiol groups is 1. The van der Waals surface area contributed by atoms with Crippen molar-refractivity contribution in [2.45, 2.75) is 6.92 Å². The van der Waals surface area contributed by atoms with E-state index >= 15 is 0 Å². The number of aromatic nitrogens is 2. The molecule has 0 saturated heterocycles. The van der Waals surface area contributed by atoms with Crippen LogP contribution in [-0.2, 0) is 0 Å². The quantitative estimate of drug-likeness (QED) is 0.500. The largest absolute Gasteiger partial charge is 0.383 e. The molecule has 1 aromatic rings. The van der Waals surface area contributed by atoms with E-state index in [1.807, 2.05) is 6.92 Å². The van der Waals surface area contributed by atoms with E-state index in [4.69, 9.17) is 5.73 Å². The smallest absolute Gasteiger partial charge is 0.136 e. The first kappa shape index (κ1) is 5.50. The van der Waals surface area contributed by atoms with Gasteiger partial charge in [-0.15, -0.1) is 0 Å². The fourth-order valence-corrected chi connectivity index (χ4v) is 0.637. The maximum Gasteiger partial charge on any atom is 0.136 e. The van der Waals surface area contributed by atoms with Crippen molar-refractivity contribution in [2.24, 2.45) is 0 Å². The summed E-state index contributed by atoms with van der Waals surface area (Å²) < 4.78 is 1.34. The zero-order valence-corrected chi connectivity index (χ0v) is 5.39. The van der Waals surface area contributed by atoms with Crippen LogP contribution in [0.15, 0.2) is 6.20 Å². The molecule has 0 radical (unpaired) electrons. The Hall–Kier alpha value is -0.640. The molecule has 4 heteroatoms. The topological polar surface area (TPSA) is 43.8 Å². The molecule has 3 nitrogen and oxygen atoms in total. The second kappa shape index (κ2) is 1.70. The molecule has 1 aromatic heterocycles. The second-order valence-electron chi connectivity index (χ2n) is 1.60. The van der Waals surface area contributed by atoms with Crippen molar-refractivity contribution in [2.75, 3.05) is 5.73 Å². The first-order chi connectivity index (χ1) is 3.72. The van der Waals surface area contributed by atoms with Crippen LogP contribution in [0.2, 0.25) is 0 Å². The molecule has 2 N–H and O–H groups in total. The Morgan fingerprint density at radius 3 is 2.62 bits per heavy atom. The van der Waals surface area contributed by atoms with Gasteiger partial charge in [0.25, 0.3) is 0 Å². The molecule has 1 heterocycles. The van der Waals surface area contributed by atoms with Crippen molar-refractivity contribution in [3.63, 3.8) is 0 Å². The van der Waals surface area contributed by atoms with E-state index in [0.717, 1.165) is 5.56 Å². The van der Waals surface area contributed by atoms with Crippen LogP contribution in [0.1, 0.15) is 5.56 Å². The van der Waals surface area contributed by atoms with Gasteiger partial charge in [0.05, 0.1) is 6.20 Å². The van der Waals surface area contributed by atoms with Gasteiger partial charge in [-0.2, -0.15) is 9.19 Å². The van der Waals surface area contributed by atoms with Gasteiger partial charge in [-0.1, -0.05) is 0 Å². The summed E-state index contributed by atoms with van der Waals surface area (Å²) in [6.45, 7) is 1.88. The lowest BCUT2D eigenvalue weighted by molar-refractivity contribution is 1.03. The lowest BCUT2D eigenvalue weighted by Gasteiger charge is -1.89. The van der Waals surface area contributed by atoms with Crippen LogP contribution in [0.4, 0.5) is 5.82 Å². The SMILES string of the molecule is Cc1cnn(S)c1N. The predicted molar refractivity (Wildman–Crippen MR) is 35.8 cm³/mol. The van der Waals surface area contributed by atoms with E-state index < -0.39 is 0 Å². The Balaban J connectivity index is 3.19. The average molecular weight is 129 g/mol. The number of aryl methyl sites for hydroxylation is 1. The Morgan fingerprint density at radius 2 is 2.50 bits per heavy atom. The number of nitrogens with two attached hydrogens (primary N) is 1. The zero-order chi connectivity index (χ0) is 6.15. The lowest BCUT2D eigenvalue weighted by Crippen LogP contribution is -1.92. The van der Waals surface area contributed by atoms with Gasteiger partial charge in [0.1, 0.15) is 5.82 Å². The number of nitrogen functional groups attached to an aromatic ring is 1. The maximum atomic E-state index is 5.43. The highest BCUT2D eigenvalue weighted by Gasteiger charge is 1.95. The molecule has 8 heavy (non-hydrogen) atoms. The van der Waals surface area contributed by atoms with Gasteiger partial charge in [0, 0.05) is 5.56 Å². The van der Waals surface area contributed by atoms with Crippen LogP contribution in [0, 0.1) is 6.92 Å². The van der Waals surface area contributed by atoms with Gasteiger partial charge >= 0.3 is 0 Å².